The van der Waals surface area contributed by atoms with Gasteiger partial charge in [0, 0.05) is 18.1 Å². The first-order valence-electron chi connectivity index (χ1n) is 9.79. The van der Waals surface area contributed by atoms with Crippen LogP contribution in [0.25, 0.3) is 0 Å². The molecule has 1 heterocycles. The third-order valence-electron chi connectivity index (χ3n) is 4.69. The molecule has 0 radical (unpaired) electrons. The summed E-state index contributed by atoms with van der Waals surface area (Å²) in [5.41, 5.74) is 1.47. The van der Waals surface area contributed by atoms with Crippen LogP contribution in [0.3, 0.4) is 0 Å². The van der Waals surface area contributed by atoms with Crippen LogP contribution in [-0.4, -0.2) is 40.6 Å². The van der Waals surface area contributed by atoms with Crippen molar-refractivity contribution in [2.75, 3.05) is 25.3 Å². The summed E-state index contributed by atoms with van der Waals surface area (Å²) in [7, 11) is 4.95. The third kappa shape index (κ3) is 5.66. The van der Waals surface area contributed by atoms with Crippen molar-refractivity contribution in [3.63, 3.8) is 0 Å². The Labute approximate surface area is 196 Å². The fourth-order valence-electron chi connectivity index (χ4n) is 2.98. The number of rotatable bonds is 9. The molecule has 0 bridgehead atoms. The lowest BCUT2D eigenvalue weighted by Gasteiger charge is -2.15. The van der Waals surface area contributed by atoms with Gasteiger partial charge in [0.25, 0.3) is 0 Å². The van der Waals surface area contributed by atoms with Gasteiger partial charge in [-0.25, -0.2) is 0 Å². The van der Waals surface area contributed by atoms with Gasteiger partial charge in [0.05, 0.1) is 25.7 Å². The zero-order valence-corrected chi connectivity index (χ0v) is 20.1. The summed E-state index contributed by atoms with van der Waals surface area (Å²) in [6.07, 6.45) is -0.336. The molecule has 0 saturated carbocycles. The van der Waals surface area contributed by atoms with E-state index in [1.54, 1.807) is 38.5 Å². The first-order chi connectivity index (χ1) is 15.3. The number of halogens is 1. The van der Waals surface area contributed by atoms with Crippen molar-refractivity contribution in [2.45, 2.75) is 25.1 Å². The van der Waals surface area contributed by atoms with Gasteiger partial charge in [0.15, 0.2) is 17.1 Å². The van der Waals surface area contributed by atoms with Crippen molar-refractivity contribution < 1.29 is 19.0 Å². The van der Waals surface area contributed by atoms with Gasteiger partial charge in [0.1, 0.15) is 17.2 Å². The highest BCUT2D eigenvalue weighted by Crippen LogP contribution is 2.30. The minimum atomic E-state index is -0.336. The zero-order valence-electron chi connectivity index (χ0n) is 18.5. The van der Waals surface area contributed by atoms with E-state index < -0.39 is 0 Å². The highest BCUT2D eigenvalue weighted by atomic mass is 35.5. The molecule has 0 fully saturated rings. The molecule has 1 unspecified atom stereocenters. The molecule has 1 N–H and O–H groups in total. The number of aryl methyl sites for hydroxylation is 1. The molecule has 0 spiro atoms. The van der Waals surface area contributed by atoms with E-state index in [1.165, 1.54) is 11.8 Å². The molecular formula is C22H25ClN4O4S. The molecule has 0 aliphatic heterocycles. The Morgan fingerprint density at radius 3 is 2.59 bits per heavy atom. The average molecular weight is 477 g/mol. The van der Waals surface area contributed by atoms with E-state index in [4.69, 9.17) is 25.8 Å². The number of thioether (sulfide) groups is 1. The monoisotopic (exact) mass is 476 g/mol. The Balaban J connectivity index is 1.62. The zero-order chi connectivity index (χ0) is 23.3. The number of hydrogen-bond acceptors (Lipinski definition) is 7. The van der Waals surface area contributed by atoms with Gasteiger partial charge < -0.3 is 24.1 Å². The smallest absolute Gasteiger partial charge is 0.234 e. The Morgan fingerprint density at radius 1 is 1.16 bits per heavy atom. The van der Waals surface area contributed by atoms with Crippen LogP contribution in [0.4, 0.5) is 5.69 Å². The fraction of sp³-hybridized carbons (Fsp3) is 0.318. The van der Waals surface area contributed by atoms with E-state index in [0.717, 1.165) is 5.56 Å². The predicted molar refractivity (Wildman–Crippen MR) is 125 cm³/mol. The molecule has 3 aromatic rings. The number of amides is 1. The van der Waals surface area contributed by atoms with Crippen LogP contribution in [0.2, 0.25) is 5.02 Å². The van der Waals surface area contributed by atoms with Crippen LogP contribution in [0.5, 0.6) is 17.2 Å². The number of carbonyl (C=O) groups is 1. The minimum Gasteiger partial charge on any atom is -0.497 e. The van der Waals surface area contributed by atoms with Crippen molar-refractivity contribution in [1.29, 1.82) is 0 Å². The summed E-state index contributed by atoms with van der Waals surface area (Å²) in [6, 6.07) is 10.7. The van der Waals surface area contributed by atoms with Crippen molar-refractivity contribution >= 4 is 35.0 Å². The van der Waals surface area contributed by atoms with E-state index in [9.17, 15) is 4.79 Å². The van der Waals surface area contributed by atoms with E-state index >= 15 is 0 Å². The van der Waals surface area contributed by atoms with Crippen molar-refractivity contribution in [3.05, 3.63) is 52.8 Å². The Hall–Kier alpha value is -2.91. The predicted octanol–water partition coefficient (Wildman–Crippen LogP) is 4.66. The lowest BCUT2D eigenvalue weighted by Crippen LogP contribution is -2.15. The maximum Gasteiger partial charge on any atom is 0.234 e. The summed E-state index contributed by atoms with van der Waals surface area (Å²) in [6.45, 7) is 3.81. The maximum absolute atomic E-state index is 12.5. The molecule has 0 aliphatic rings. The van der Waals surface area contributed by atoms with Crippen LogP contribution in [0.1, 0.15) is 24.4 Å². The molecule has 0 aliphatic carbocycles. The molecule has 1 amide bonds. The number of methoxy groups -OCH3 is 2. The van der Waals surface area contributed by atoms with E-state index in [0.29, 0.717) is 38.9 Å². The molecule has 8 nitrogen and oxygen atoms in total. The second-order valence-electron chi connectivity index (χ2n) is 6.97. The summed E-state index contributed by atoms with van der Waals surface area (Å²) in [4.78, 5) is 12.5. The summed E-state index contributed by atoms with van der Waals surface area (Å²) < 4.78 is 18.3. The Morgan fingerprint density at radius 2 is 1.91 bits per heavy atom. The maximum atomic E-state index is 12.5. The Kier molecular flexibility index (Phi) is 7.87. The standard InChI is InChI=1S/C22H25ClN4O4S/c1-13-10-16(6-8-17(13)23)31-14(2)21-25-26-22(27(21)3)32-12-20(28)24-18-11-15(29-4)7-9-19(18)30-5/h6-11,14H,12H2,1-5H3,(H,24,28). The minimum absolute atomic E-state index is 0.151. The molecule has 32 heavy (non-hydrogen) atoms. The third-order valence-corrected chi connectivity index (χ3v) is 6.13. The largest absolute Gasteiger partial charge is 0.497 e. The van der Waals surface area contributed by atoms with Crippen LogP contribution >= 0.6 is 23.4 Å². The summed E-state index contributed by atoms with van der Waals surface area (Å²) >= 11 is 7.35. The van der Waals surface area contributed by atoms with Gasteiger partial charge in [0.2, 0.25) is 5.91 Å². The Bertz CT molecular complexity index is 1110. The normalized spacial score (nSPS) is 11.7. The van der Waals surface area contributed by atoms with Crippen LogP contribution < -0.4 is 19.5 Å². The molecule has 170 valence electrons. The quantitative estimate of drug-likeness (QED) is 0.449. The second-order valence-corrected chi connectivity index (χ2v) is 8.32. The average Bonchev–Trinajstić information content (AvgIpc) is 3.15. The number of aromatic nitrogens is 3. The van der Waals surface area contributed by atoms with Gasteiger partial charge in [-0.2, -0.15) is 0 Å². The first-order valence-corrected chi connectivity index (χ1v) is 11.2. The molecule has 10 heteroatoms. The summed E-state index contributed by atoms with van der Waals surface area (Å²) in [5.74, 6) is 2.47. The van der Waals surface area contributed by atoms with Gasteiger partial charge in [-0.15, -0.1) is 10.2 Å². The van der Waals surface area contributed by atoms with Crippen LogP contribution in [0.15, 0.2) is 41.6 Å². The fourth-order valence-corrected chi connectivity index (χ4v) is 3.82. The number of hydrogen-bond donors (Lipinski definition) is 1. The molecular weight excluding hydrogens is 452 g/mol. The van der Waals surface area contributed by atoms with Crippen LogP contribution in [0, 0.1) is 6.92 Å². The van der Waals surface area contributed by atoms with Crippen molar-refractivity contribution in [3.8, 4) is 17.2 Å². The number of nitrogens with zero attached hydrogens (tertiary/aromatic N) is 3. The van der Waals surface area contributed by atoms with E-state index in [1.807, 2.05) is 37.6 Å². The van der Waals surface area contributed by atoms with E-state index in [-0.39, 0.29) is 17.8 Å². The van der Waals surface area contributed by atoms with Gasteiger partial charge in [-0.3, -0.25) is 4.79 Å². The molecule has 0 saturated heterocycles. The number of anilines is 1. The van der Waals surface area contributed by atoms with Crippen molar-refractivity contribution in [2.24, 2.45) is 7.05 Å². The SMILES string of the molecule is COc1ccc(OC)c(NC(=O)CSc2nnc(C(C)Oc3ccc(Cl)c(C)c3)n2C)c1. The molecule has 1 aromatic heterocycles. The molecule has 2 aromatic carbocycles. The number of ether oxygens (including phenoxy) is 3. The molecule has 3 rings (SSSR count). The van der Waals surface area contributed by atoms with Gasteiger partial charge in [-0.05, 0) is 49.7 Å². The highest BCUT2D eigenvalue weighted by molar-refractivity contribution is 7.99. The van der Waals surface area contributed by atoms with Gasteiger partial charge >= 0.3 is 0 Å². The lowest BCUT2D eigenvalue weighted by atomic mass is 10.2. The van der Waals surface area contributed by atoms with Gasteiger partial charge in [-0.1, -0.05) is 23.4 Å². The van der Waals surface area contributed by atoms with Crippen LogP contribution in [-0.2, 0) is 11.8 Å². The number of benzene rings is 2. The lowest BCUT2D eigenvalue weighted by molar-refractivity contribution is -0.113. The van der Waals surface area contributed by atoms with Crippen molar-refractivity contribution in [1.82, 2.24) is 14.8 Å². The highest BCUT2D eigenvalue weighted by Gasteiger charge is 2.19. The first kappa shape index (κ1) is 23.7. The molecule has 1 atom stereocenters. The second kappa shape index (κ2) is 10.6. The topological polar surface area (TPSA) is 87.5 Å². The number of nitrogens with one attached hydrogen (secondary N) is 1. The number of carbonyl (C=O) groups excluding carboxylic acids is 1. The van der Waals surface area contributed by atoms with E-state index in [2.05, 4.69) is 15.5 Å². The summed E-state index contributed by atoms with van der Waals surface area (Å²) in [5, 5.41) is 12.6.